The summed E-state index contributed by atoms with van der Waals surface area (Å²) >= 11 is 0. The lowest BCUT2D eigenvalue weighted by Crippen LogP contribution is -2.42. The van der Waals surface area contributed by atoms with E-state index in [4.69, 9.17) is 10.1 Å². The molecule has 0 aromatic carbocycles. The summed E-state index contributed by atoms with van der Waals surface area (Å²) in [7, 11) is 0. The molecule has 2 aromatic rings. The number of anilines is 1. The van der Waals surface area contributed by atoms with Gasteiger partial charge in [0.25, 0.3) is 0 Å². The highest BCUT2D eigenvalue weighted by Crippen LogP contribution is 2.34. The standard InChI is InChI=1S/C20H21FN6O2/c1-13-17(21)10-15(12-24-13)18-5-9-29-27(18)19(28)14-3-7-26(8-4-14)20-23-6-2-16(11-22)25-20/h2,6,10,12,14,18H,3-5,7-9H2,1H3. The van der Waals surface area contributed by atoms with Crippen LogP contribution in [-0.4, -0.2) is 45.6 Å². The van der Waals surface area contributed by atoms with Crippen LogP contribution < -0.4 is 4.90 Å². The number of halogens is 1. The number of hydroxylamine groups is 2. The Hall–Kier alpha value is -3.12. The summed E-state index contributed by atoms with van der Waals surface area (Å²) in [5.74, 6) is -0.143. The van der Waals surface area contributed by atoms with Gasteiger partial charge in [-0.2, -0.15) is 5.26 Å². The first-order chi connectivity index (χ1) is 14.1. The summed E-state index contributed by atoms with van der Waals surface area (Å²) in [5, 5.41) is 10.4. The van der Waals surface area contributed by atoms with Crippen molar-refractivity contribution in [3.63, 3.8) is 0 Å². The number of amides is 1. The Bertz CT molecular complexity index is 954. The van der Waals surface area contributed by atoms with Gasteiger partial charge in [0, 0.05) is 37.8 Å². The molecule has 150 valence electrons. The van der Waals surface area contributed by atoms with Crippen molar-refractivity contribution in [3.8, 4) is 6.07 Å². The molecule has 0 saturated carbocycles. The molecule has 0 N–H and O–H groups in total. The smallest absolute Gasteiger partial charge is 0.249 e. The Morgan fingerprint density at radius 1 is 1.31 bits per heavy atom. The number of piperidine rings is 1. The molecule has 2 aliphatic rings. The fraction of sp³-hybridized carbons (Fsp3) is 0.450. The number of carbonyl (C=O) groups is 1. The minimum absolute atomic E-state index is 0.0835. The van der Waals surface area contributed by atoms with Gasteiger partial charge < -0.3 is 4.90 Å². The van der Waals surface area contributed by atoms with Crippen LogP contribution in [0.5, 0.6) is 0 Å². The van der Waals surface area contributed by atoms with E-state index in [-0.39, 0.29) is 23.7 Å². The highest BCUT2D eigenvalue weighted by atomic mass is 19.1. The zero-order chi connectivity index (χ0) is 20.4. The second-order valence-electron chi connectivity index (χ2n) is 7.25. The lowest BCUT2D eigenvalue weighted by atomic mass is 9.95. The molecule has 4 rings (SSSR count). The van der Waals surface area contributed by atoms with Crippen molar-refractivity contribution in [1.29, 1.82) is 5.26 Å². The van der Waals surface area contributed by atoms with E-state index in [2.05, 4.69) is 15.0 Å². The van der Waals surface area contributed by atoms with Crippen LogP contribution in [0.2, 0.25) is 0 Å². The van der Waals surface area contributed by atoms with Gasteiger partial charge in [-0.25, -0.2) is 19.4 Å². The van der Waals surface area contributed by atoms with E-state index in [9.17, 15) is 9.18 Å². The Balaban J connectivity index is 1.42. The monoisotopic (exact) mass is 396 g/mol. The van der Waals surface area contributed by atoms with E-state index in [1.807, 2.05) is 11.0 Å². The molecule has 2 fully saturated rings. The number of nitrogens with zero attached hydrogens (tertiary/aromatic N) is 6. The van der Waals surface area contributed by atoms with Crippen LogP contribution in [0.4, 0.5) is 10.3 Å². The van der Waals surface area contributed by atoms with E-state index in [0.717, 1.165) is 0 Å². The molecule has 0 aliphatic carbocycles. The first-order valence-electron chi connectivity index (χ1n) is 9.63. The molecule has 1 unspecified atom stereocenters. The fourth-order valence-corrected chi connectivity index (χ4v) is 3.76. The predicted molar refractivity (Wildman–Crippen MR) is 101 cm³/mol. The molecular formula is C20H21FN6O2. The molecule has 29 heavy (non-hydrogen) atoms. The van der Waals surface area contributed by atoms with E-state index in [0.29, 0.717) is 61.9 Å². The highest BCUT2D eigenvalue weighted by molar-refractivity contribution is 5.79. The van der Waals surface area contributed by atoms with Crippen molar-refractivity contribution >= 4 is 11.9 Å². The highest BCUT2D eigenvalue weighted by Gasteiger charge is 2.37. The van der Waals surface area contributed by atoms with Gasteiger partial charge >= 0.3 is 0 Å². The lowest BCUT2D eigenvalue weighted by Gasteiger charge is -2.34. The normalized spacial score (nSPS) is 20.0. The van der Waals surface area contributed by atoms with Gasteiger partial charge in [-0.3, -0.25) is 14.6 Å². The Kier molecular flexibility index (Phi) is 5.36. The number of hydrogen-bond donors (Lipinski definition) is 0. The molecule has 0 radical (unpaired) electrons. The first-order valence-corrected chi connectivity index (χ1v) is 9.63. The van der Waals surface area contributed by atoms with E-state index >= 15 is 0 Å². The Morgan fingerprint density at radius 2 is 2.10 bits per heavy atom. The molecule has 2 aliphatic heterocycles. The first kappa shape index (κ1) is 19.2. The third-order valence-corrected chi connectivity index (χ3v) is 5.44. The summed E-state index contributed by atoms with van der Waals surface area (Å²) in [6, 6.07) is 4.69. The third kappa shape index (κ3) is 3.89. The maximum atomic E-state index is 13.9. The number of rotatable bonds is 3. The lowest BCUT2D eigenvalue weighted by molar-refractivity contribution is -0.182. The zero-order valence-corrected chi connectivity index (χ0v) is 16.1. The van der Waals surface area contributed by atoms with E-state index < -0.39 is 0 Å². The minimum Gasteiger partial charge on any atom is -0.341 e. The molecule has 2 aromatic heterocycles. The van der Waals surface area contributed by atoms with Crippen molar-refractivity contribution in [2.45, 2.75) is 32.2 Å². The van der Waals surface area contributed by atoms with Crippen LogP contribution in [-0.2, 0) is 9.63 Å². The SMILES string of the molecule is Cc1ncc(C2CCON2C(=O)C2CCN(c3nccc(C#N)n3)CC2)cc1F. The zero-order valence-electron chi connectivity index (χ0n) is 16.1. The maximum absolute atomic E-state index is 13.9. The number of aromatic nitrogens is 3. The van der Waals surface area contributed by atoms with Crippen LogP contribution in [0, 0.1) is 30.0 Å². The quantitative estimate of drug-likeness (QED) is 0.786. The number of hydrogen-bond acceptors (Lipinski definition) is 7. The van der Waals surface area contributed by atoms with Gasteiger partial charge in [0.2, 0.25) is 11.9 Å². The molecule has 0 bridgehead atoms. The molecule has 2 saturated heterocycles. The van der Waals surface area contributed by atoms with Crippen molar-refractivity contribution in [3.05, 3.63) is 47.3 Å². The van der Waals surface area contributed by atoms with Crippen LogP contribution >= 0.6 is 0 Å². The van der Waals surface area contributed by atoms with Gasteiger partial charge in [-0.05, 0) is 37.5 Å². The molecular weight excluding hydrogens is 375 g/mol. The molecule has 0 spiro atoms. The van der Waals surface area contributed by atoms with E-state index in [1.165, 1.54) is 11.1 Å². The van der Waals surface area contributed by atoms with Crippen LogP contribution in [0.15, 0.2) is 24.5 Å². The molecule has 9 heteroatoms. The van der Waals surface area contributed by atoms with Crippen molar-refractivity contribution in [2.24, 2.45) is 5.92 Å². The average Bonchev–Trinajstić information content (AvgIpc) is 3.25. The van der Waals surface area contributed by atoms with Gasteiger partial charge in [0.15, 0.2) is 0 Å². The van der Waals surface area contributed by atoms with E-state index in [1.54, 1.807) is 25.4 Å². The molecule has 4 heterocycles. The summed E-state index contributed by atoms with van der Waals surface area (Å²) in [4.78, 5) is 33.2. The van der Waals surface area contributed by atoms with Gasteiger partial charge in [0.05, 0.1) is 18.3 Å². The van der Waals surface area contributed by atoms with Crippen LogP contribution in [0.1, 0.15) is 42.3 Å². The summed E-state index contributed by atoms with van der Waals surface area (Å²) in [6.45, 7) is 3.26. The van der Waals surface area contributed by atoms with Crippen LogP contribution in [0.3, 0.4) is 0 Å². The molecule has 8 nitrogen and oxygen atoms in total. The number of aryl methyl sites for hydroxylation is 1. The topological polar surface area (TPSA) is 95.2 Å². The maximum Gasteiger partial charge on any atom is 0.249 e. The third-order valence-electron chi connectivity index (χ3n) is 5.44. The minimum atomic E-state index is -0.380. The van der Waals surface area contributed by atoms with Gasteiger partial charge in [-0.15, -0.1) is 0 Å². The molecule has 1 atom stereocenters. The summed E-state index contributed by atoms with van der Waals surface area (Å²) in [5.41, 5.74) is 1.30. The van der Waals surface area contributed by atoms with Crippen molar-refractivity contribution in [2.75, 3.05) is 24.6 Å². The van der Waals surface area contributed by atoms with Crippen molar-refractivity contribution in [1.82, 2.24) is 20.0 Å². The number of pyridine rings is 1. The Labute approximate surface area is 167 Å². The average molecular weight is 396 g/mol. The summed E-state index contributed by atoms with van der Waals surface area (Å²) < 4.78 is 13.9. The molecule has 1 amide bonds. The van der Waals surface area contributed by atoms with Crippen molar-refractivity contribution < 1.29 is 14.0 Å². The number of nitriles is 1. The largest absolute Gasteiger partial charge is 0.341 e. The van der Waals surface area contributed by atoms with Crippen LogP contribution in [0.25, 0.3) is 0 Å². The predicted octanol–water partition coefficient (Wildman–Crippen LogP) is 2.31. The second-order valence-corrected chi connectivity index (χ2v) is 7.25. The Morgan fingerprint density at radius 3 is 2.83 bits per heavy atom. The summed E-state index contributed by atoms with van der Waals surface area (Å²) in [6.07, 6.45) is 5.05. The number of carbonyl (C=O) groups excluding carboxylic acids is 1. The fourth-order valence-electron chi connectivity index (χ4n) is 3.76. The second kappa shape index (κ2) is 8.09. The van der Waals surface area contributed by atoms with Gasteiger partial charge in [-0.1, -0.05) is 0 Å². The van der Waals surface area contributed by atoms with Gasteiger partial charge in [0.1, 0.15) is 17.6 Å².